The molecule has 0 aliphatic carbocycles. The smallest absolute Gasteiger partial charge is 0.0889 e. The van der Waals surface area contributed by atoms with Crippen LogP contribution >= 0.6 is 22.7 Å². The molecule has 4 aromatic rings. The monoisotopic (exact) mass is 436 g/mol. The molecule has 0 aliphatic rings. The van der Waals surface area contributed by atoms with E-state index in [1.807, 2.05) is 6.92 Å². The number of hydrogen-bond acceptors (Lipinski definition) is 4. The zero-order valence-electron chi connectivity index (χ0n) is 18.0. The minimum Gasteiger partial charge on any atom is -0.377 e. The maximum Gasteiger partial charge on any atom is 0.0889 e. The average molecular weight is 437 g/mol. The maximum atomic E-state index is 6.02. The molecule has 0 amide bonds. The lowest BCUT2D eigenvalue weighted by Gasteiger charge is -2.25. The van der Waals surface area contributed by atoms with Gasteiger partial charge in [-0.2, -0.15) is 0 Å². The summed E-state index contributed by atoms with van der Waals surface area (Å²) in [6, 6.07) is 17.9. The van der Waals surface area contributed by atoms with Gasteiger partial charge in [0, 0.05) is 28.5 Å². The van der Waals surface area contributed by atoms with E-state index < -0.39 is 0 Å². The van der Waals surface area contributed by atoms with Gasteiger partial charge in [-0.15, -0.1) is 22.7 Å². The highest BCUT2D eigenvalue weighted by atomic mass is 32.1. The second kappa shape index (κ2) is 9.03. The van der Waals surface area contributed by atoms with E-state index in [1.165, 1.54) is 42.8 Å². The largest absolute Gasteiger partial charge is 0.377 e. The van der Waals surface area contributed by atoms with Crippen molar-refractivity contribution in [1.29, 1.82) is 0 Å². The Balaban J connectivity index is 1.69. The highest BCUT2D eigenvalue weighted by Gasteiger charge is 2.25. The van der Waals surface area contributed by atoms with E-state index in [9.17, 15) is 0 Å². The summed E-state index contributed by atoms with van der Waals surface area (Å²) in [6.45, 7) is 10.5. The summed E-state index contributed by atoms with van der Waals surface area (Å²) in [7, 11) is 0. The standard InChI is InChI=1S/C26H28O2S2/c1-5-27-17-22-11-13-29-24(22)20-9-7-19-16-21(10-8-18(19)15-20)25-23(12-14-30-25)26(3,4)28-6-2/h7-16H,5-6,17H2,1-4H3. The Kier molecular flexibility index (Phi) is 6.40. The third-order valence-electron chi connectivity index (χ3n) is 5.39. The molecule has 156 valence electrons. The summed E-state index contributed by atoms with van der Waals surface area (Å²) in [4.78, 5) is 2.59. The molecule has 0 radical (unpaired) electrons. The van der Waals surface area contributed by atoms with Crippen LogP contribution in [0.5, 0.6) is 0 Å². The van der Waals surface area contributed by atoms with Gasteiger partial charge in [-0.25, -0.2) is 0 Å². The first-order valence-electron chi connectivity index (χ1n) is 10.4. The fourth-order valence-corrected chi connectivity index (χ4v) is 5.84. The van der Waals surface area contributed by atoms with Gasteiger partial charge < -0.3 is 9.47 Å². The van der Waals surface area contributed by atoms with Crippen LogP contribution in [0.25, 0.3) is 31.7 Å². The third-order valence-corrected chi connectivity index (χ3v) is 7.36. The predicted octanol–water partition coefficient (Wildman–Crippen LogP) is 8.10. The van der Waals surface area contributed by atoms with E-state index >= 15 is 0 Å². The molecule has 0 fully saturated rings. The normalized spacial score (nSPS) is 12.0. The van der Waals surface area contributed by atoms with Gasteiger partial charge in [0.05, 0.1) is 12.2 Å². The predicted molar refractivity (Wildman–Crippen MR) is 131 cm³/mol. The Morgan fingerprint density at radius 3 is 2.07 bits per heavy atom. The second-order valence-corrected chi connectivity index (χ2v) is 9.63. The SMILES string of the molecule is CCOCc1ccsc1-c1ccc2cc(-c3sccc3C(C)(C)OCC)ccc2c1. The van der Waals surface area contributed by atoms with Crippen molar-refractivity contribution in [2.24, 2.45) is 0 Å². The molecule has 2 aromatic carbocycles. The minimum atomic E-state index is -0.293. The topological polar surface area (TPSA) is 18.5 Å². The van der Waals surface area contributed by atoms with Crippen molar-refractivity contribution in [3.63, 3.8) is 0 Å². The van der Waals surface area contributed by atoms with Crippen molar-refractivity contribution >= 4 is 33.4 Å². The minimum absolute atomic E-state index is 0.293. The zero-order chi connectivity index (χ0) is 21.1. The molecule has 0 saturated carbocycles. The van der Waals surface area contributed by atoms with Gasteiger partial charge in [0.2, 0.25) is 0 Å². The first-order valence-corrected chi connectivity index (χ1v) is 12.2. The average Bonchev–Trinajstić information content (AvgIpc) is 3.41. The van der Waals surface area contributed by atoms with Gasteiger partial charge in [-0.1, -0.05) is 24.3 Å². The first-order chi connectivity index (χ1) is 14.5. The summed E-state index contributed by atoms with van der Waals surface area (Å²) in [6.07, 6.45) is 0. The lowest BCUT2D eigenvalue weighted by molar-refractivity contribution is -0.0133. The molecule has 0 bridgehead atoms. The quantitative estimate of drug-likeness (QED) is 0.278. The van der Waals surface area contributed by atoms with E-state index in [1.54, 1.807) is 22.7 Å². The molecule has 2 aromatic heterocycles. The van der Waals surface area contributed by atoms with Crippen LogP contribution in [0.1, 0.15) is 38.8 Å². The summed E-state index contributed by atoms with van der Waals surface area (Å²) in [5.41, 5.74) is 4.73. The second-order valence-electron chi connectivity index (χ2n) is 7.80. The molecule has 0 aliphatic heterocycles. The summed E-state index contributed by atoms with van der Waals surface area (Å²) < 4.78 is 11.7. The number of benzene rings is 2. The molecule has 2 heterocycles. The van der Waals surface area contributed by atoms with Gasteiger partial charge in [0.1, 0.15) is 0 Å². The Hall–Kier alpha value is -1.98. The maximum absolute atomic E-state index is 6.02. The van der Waals surface area contributed by atoms with Crippen molar-refractivity contribution in [2.75, 3.05) is 13.2 Å². The van der Waals surface area contributed by atoms with Crippen LogP contribution in [0.15, 0.2) is 59.3 Å². The Morgan fingerprint density at radius 1 is 0.767 bits per heavy atom. The molecule has 0 saturated heterocycles. The fraction of sp³-hybridized carbons (Fsp3) is 0.308. The summed E-state index contributed by atoms with van der Waals surface area (Å²) in [5.74, 6) is 0. The molecule has 30 heavy (non-hydrogen) atoms. The van der Waals surface area contributed by atoms with Crippen molar-refractivity contribution in [3.05, 3.63) is 70.4 Å². The Bertz CT molecular complexity index is 1140. The molecule has 4 rings (SSSR count). The van der Waals surface area contributed by atoms with Crippen LogP contribution in [-0.2, 0) is 21.7 Å². The first kappa shape index (κ1) is 21.3. The number of hydrogen-bond donors (Lipinski definition) is 0. The van der Waals surface area contributed by atoms with Crippen LogP contribution in [0.3, 0.4) is 0 Å². The van der Waals surface area contributed by atoms with E-state index in [2.05, 4.69) is 80.1 Å². The highest BCUT2D eigenvalue weighted by Crippen LogP contribution is 2.40. The number of ether oxygens (including phenoxy) is 2. The summed E-state index contributed by atoms with van der Waals surface area (Å²) in [5, 5.41) is 6.83. The van der Waals surface area contributed by atoms with Crippen LogP contribution in [0.4, 0.5) is 0 Å². The van der Waals surface area contributed by atoms with Crippen molar-refractivity contribution in [2.45, 2.75) is 39.9 Å². The van der Waals surface area contributed by atoms with Crippen molar-refractivity contribution in [3.8, 4) is 20.9 Å². The van der Waals surface area contributed by atoms with Crippen molar-refractivity contribution in [1.82, 2.24) is 0 Å². The molecular weight excluding hydrogens is 408 g/mol. The van der Waals surface area contributed by atoms with Crippen LogP contribution in [-0.4, -0.2) is 13.2 Å². The van der Waals surface area contributed by atoms with E-state index in [4.69, 9.17) is 9.47 Å². The highest BCUT2D eigenvalue weighted by molar-refractivity contribution is 7.14. The lowest BCUT2D eigenvalue weighted by atomic mass is 9.94. The molecule has 0 atom stereocenters. The van der Waals surface area contributed by atoms with E-state index in [0.29, 0.717) is 13.2 Å². The van der Waals surface area contributed by atoms with Crippen LogP contribution < -0.4 is 0 Å². The van der Waals surface area contributed by atoms with Gasteiger partial charge in [-0.3, -0.25) is 0 Å². The molecule has 0 unspecified atom stereocenters. The van der Waals surface area contributed by atoms with Crippen LogP contribution in [0.2, 0.25) is 0 Å². The van der Waals surface area contributed by atoms with Gasteiger partial charge >= 0.3 is 0 Å². The molecular formula is C26H28O2S2. The Morgan fingerprint density at radius 2 is 1.40 bits per heavy atom. The molecule has 0 spiro atoms. The zero-order valence-corrected chi connectivity index (χ0v) is 19.7. The van der Waals surface area contributed by atoms with Crippen LogP contribution in [0, 0.1) is 0 Å². The number of thiophene rings is 2. The van der Waals surface area contributed by atoms with Gasteiger partial charge in [-0.05, 0) is 90.2 Å². The molecule has 2 nitrogen and oxygen atoms in total. The fourth-order valence-electron chi connectivity index (χ4n) is 3.89. The lowest BCUT2D eigenvalue weighted by Crippen LogP contribution is -2.21. The number of rotatable bonds is 8. The molecule has 0 N–H and O–H groups in total. The van der Waals surface area contributed by atoms with Gasteiger partial charge in [0.25, 0.3) is 0 Å². The van der Waals surface area contributed by atoms with E-state index in [0.717, 1.165) is 6.61 Å². The van der Waals surface area contributed by atoms with Gasteiger partial charge in [0.15, 0.2) is 0 Å². The van der Waals surface area contributed by atoms with Crippen molar-refractivity contribution < 1.29 is 9.47 Å². The summed E-state index contributed by atoms with van der Waals surface area (Å²) >= 11 is 3.56. The molecule has 4 heteroatoms. The Labute approximate surface area is 187 Å². The van der Waals surface area contributed by atoms with E-state index in [-0.39, 0.29) is 5.60 Å². The number of fused-ring (bicyclic) bond motifs is 1. The third kappa shape index (κ3) is 4.23.